The van der Waals surface area contributed by atoms with Gasteiger partial charge in [0.25, 0.3) is 11.8 Å². The minimum absolute atomic E-state index is 0.0828. The third-order valence-electron chi connectivity index (χ3n) is 4.40. The molecule has 0 radical (unpaired) electrons. The van der Waals surface area contributed by atoms with E-state index in [0.29, 0.717) is 23.4 Å². The van der Waals surface area contributed by atoms with Gasteiger partial charge in [-0.25, -0.2) is 0 Å². The third-order valence-corrected chi connectivity index (χ3v) is 5.35. The fourth-order valence-electron chi connectivity index (χ4n) is 3.15. The van der Waals surface area contributed by atoms with Gasteiger partial charge in [0.15, 0.2) is 0 Å². The van der Waals surface area contributed by atoms with Gasteiger partial charge in [-0.15, -0.1) is 11.8 Å². The Labute approximate surface area is 170 Å². The zero-order valence-corrected chi connectivity index (χ0v) is 17.3. The summed E-state index contributed by atoms with van der Waals surface area (Å²) in [6.45, 7) is 6.30. The van der Waals surface area contributed by atoms with Crippen LogP contribution in [0.2, 0.25) is 0 Å². The molecule has 0 aliphatic carbocycles. The molecule has 2 aromatic rings. The molecule has 1 aliphatic heterocycles. The van der Waals surface area contributed by atoms with Crippen molar-refractivity contribution >= 4 is 29.1 Å². The molecule has 2 amide bonds. The van der Waals surface area contributed by atoms with Gasteiger partial charge in [-0.3, -0.25) is 14.5 Å². The number of ether oxygens (including phenoxy) is 1. The number of hydrogen-bond donors (Lipinski definition) is 0. The van der Waals surface area contributed by atoms with Crippen LogP contribution in [0.15, 0.2) is 59.5 Å². The van der Waals surface area contributed by atoms with Crippen LogP contribution < -0.4 is 4.74 Å². The van der Waals surface area contributed by atoms with E-state index in [1.54, 1.807) is 0 Å². The van der Waals surface area contributed by atoms with Gasteiger partial charge in [-0.05, 0) is 49.3 Å². The van der Waals surface area contributed by atoms with E-state index >= 15 is 0 Å². The molecular weight excluding hydrogens is 370 g/mol. The largest absolute Gasteiger partial charge is 0.491 e. The summed E-state index contributed by atoms with van der Waals surface area (Å²) in [6, 6.07) is 17.3. The zero-order valence-electron chi connectivity index (χ0n) is 16.5. The first-order valence-corrected chi connectivity index (χ1v) is 10.5. The van der Waals surface area contributed by atoms with Crippen molar-refractivity contribution in [3.63, 3.8) is 0 Å². The number of benzene rings is 2. The number of carbonyl (C=O) groups is 2. The summed E-state index contributed by atoms with van der Waals surface area (Å²) in [5.74, 6) is 1.08. The second-order valence-electron chi connectivity index (χ2n) is 6.83. The Morgan fingerprint density at radius 1 is 0.964 bits per heavy atom. The smallest absolute Gasteiger partial charge is 0.267 e. The van der Waals surface area contributed by atoms with Crippen molar-refractivity contribution in [3.05, 3.63) is 70.6 Å². The number of carbonyl (C=O) groups excluding carboxylic acids is 2. The normalized spacial score (nSPS) is 14.4. The van der Waals surface area contributed by atoms with E-state index in [9.17, 15) is 9.59 Å². The molecule has 0 bridgehead atoms. The van der Waals surface area contributed by atoms with Crippen LogP contribution in [0.5, 0.6) is 5.75 Å². The molecule has 146 valence electrons. The van der Waals surface area contributed by atoms with Gasteiger partial charge in [-0.1, -0.05) is 49.4 Å². The Morgan fingerprint density at radius 2 is 1.64 bits per heavy atom. The maximum absolute atomic E-state index is 13.1. The summed E-state index contributed by atoms with van der Waals surface area (Å²) >= 11 is 1.43. The van der Waals surface area contributed by atoms with Crippen molar-refractivity contribution in [1.82, 2.24) is 4.90 Å². The van der Waals surface area contributed by atoms with Crippen molar-refractivity contribution < 1.29 is 14.3 Å². The average molecular weight is 396 g/mol. The lowest BCUT2D eigenvalue weighted by atomic mass is 10.1. The summed E-state index contributed by atoms with van der Waals surface area (Å²) in [6.07, 6.45) is 0.732. The first-order valence-electron chi connectivity index (χ1n) is 9.55. The first kappa shape index (κ1) is 20.2. The van der Waals surface area contributed by atoms with E-state index in [2.05, 4.69) is 0 Å². The molecule has 0 spiro atoms. The minimum Gasteiger partial charge on any atom is -0.491 e. The number of thioether (sulfide) groups is 1. The highest BCUT2D eigenvalue weighted by molar-refractivity contribution is 8.04. The Morgan fingerprint density at radius 3 is 2.25 bits per heavy atom. The molecule has 0 N–H and O–H groups in total. The third kappa shape index (κ3) is 4.47. The molecule has 0 unspecified atom stereocenters. The lowest BCUT2D eigenvalue weighted by molar-refractivity contribution is -0.136. The Hall–Kier alpha value is -2.53. The quantitative estimate of drug-likeness (QED) is 0.615. The molecule has 3 rings (SSSR count). The SMILES string of the molecule is CCSC1=C(c2ccc(OC(C)C)cc2)C(=O)N(CCc2ccccc2)C1=O. The lowest BCUT2D eigenvalue weighted by Gasteiger charge is -2.15. The van der Waals surface area contributed by atoms with Crippen molar-refractivity contribution in [2.45, 2.75) is 33.3 Å². The van der Waals surface area contributed by atoms with Crippen molar-refractivity contribution in [3.8, 4) is 5.75 Å². The molecule has 0 saturated heterocycles. The highest BCUT2D eigenvalue weighted by Gasteiger charge is 2.38. The Bertz CT molecular complexity index is 872. The Kier molecular flexibility index (Phi) is 6.57. The average Bonchev–Trinajstić information content (AvgIpc) is 2.91. The van der Waals surface area contributed by atoms with Crippen LogP contribution in [0.25, 0.3) is 5.57 Å². The molecule has 1 aliphatic rings. The second kappa shape index (κ2) is 9.11. The summed E-state index contributed by atoms with van der Waals surface area (Å²) in [4.78, 5) is 27.9. The molecule has 5 heteroatoms. The van der Waals surface area contributed by atoms with Gasteiger partial charge in [0, 0.05) is 6.54 Å². The number of hydrogen-bond acceptors (Lipinski definition) is 4. The second-order valence-corrected chi connectivity index (χ2v) is 8.10. The van der Waals surface area contributed by atoms with Crippen molar-refractivity contribution in [2.24, 2.45) is 0 Å². The number of nitrogens with zero attached hydrogens (tertiary/aromatic N) is 1. The van der Waals surface area contributed by atoms with Crippen LogP contribution in [-0.4, -0.2) is 35.1 Å². The van der Waals surface area contributed by atoms with E-state index < -0.39 is 0 Å². The summed E-state index contributed by atoms with van der Waals surface area (Å²) in [7, 11) is 0. The van der Waals surface area contributed by atoms with Crippen LogP contribution in [0.4, 0.5) is 0 Å². The molecule has 1 heterocycles. The van der Waals surface area contributed by atoms with Crippen LogP contribution >= 0.6 is 11.8 Å². The van der Waals surface area contributed by atoms with Gasteiger partial charge in [0.1, 0.15) is 5.75 Å². The first-order chi connectivity index (χ1) is 13.5. The van der Waals surface area contributed by atoms with E-state index in [4.69, 9.17) is 4.74 Å². The maximum Gasteiger partial charge on any atom is 0.267 e. The van der Waals surface area contributed by atoms with Crippen molar-refractivity contribution in [2.75, 3.05) is 12.3 Å². The molecule has 0 saturated carbocycles. The van der Waals surface area contributed by atoms with E-state index in [0.717, 1.165) is 22.6 Å². The van der Waals surface area contributed by atoms with Crippen LogP contribution in [0, 0.1) is 0 Å². The minimum atomic E-state index is -0.214. The van der Waals surface area contributed by atoms with Gasteiger partial charge < -0.3 is 4.74 Å². The summed E-state index contributed by atoms with van der Waals surface area (Å²) in [5.41, 5.74) is 2.37. The summed E-state index contributed by atoms with van der Waals surface area (Å²) in [5, 5.41) is 0. The zero-order chi connectivity index (χ0) is 20.1. The molecule has 2 aromatic carbocycles. The van der Waals surface area contributed by atoms with E-state index in [-0.39, 0.29) is 17.9 Å². The number of amides is 2. The van der Waals surface area contributed by atoms with Crippen LogP contribution in [0.3, 0.4) is 0 Å². The predicted octanol–water partition coefficient (Wildman–Crippen LogP) is 4.55. The summed E-state index contributed by atoms with van der Waals surface area (Å²) < 4.78 is 5.68. The van der Waals surface area contributed by atoms with Gasteiger partial charge in [0.2, 0.25) is 0 Å². The van der Waals surface area contributed by atoms with Crippen molar-refractivity contribution in [1.29, 1.82) is 0 Å². The van der Waals surface area contributed by atoms with Gasteiger partial charge in [0.05, 0.1) is 16.6 Å². The fourth-order valence-corrected chi connectivity index (χ4v) is 4.02. The molecule has 28 heavy (non-hydrogen) atoms. The van der Waals surface area contributed by atoms with Crippen LogP contribution in [0.1, 0.15) is 31.9 Å². The topological polar surface area (TPSA) is 46.6 Å². The molecule has 0 fully saturated rings. The Balaban J connectivity index is 1.83. The van der Waals surface area contributed by atoms with Gasteiger partial charge in [-0.2, -0.15) is 0 Å². The van der Waals surface area contributed by atoms with Crippen LogP contribution in [-0.2, 0) is 16.0 Å². The van der Waals surface area contributed by atoms with E-state index in [1.165, 1.54) is 16.7 Å². The van der Waals surface area contributed by atoms with Gasteiger partial charge >= 0.3 is 0 Å². The standard InChI is InChI=1S/C23H25NO3S/c1-4-28-21-20(18-10-12-19(13-11-18)27-16(2)3)22(25)24(23(21)26)15-14-17-8-6-5-7-9-17/h5-13,16H,4,14-15H2,1-3H3. The number of imide groups is 1. The molecule has 0 atom stereocenters. The monoisotopic (exact) mass is 395 g/mol. The number of rotatable bonds is 8. The molecule has 0 aromatic heterocycles. The van der Waals surface area contributed by atoms with E-state index in [1.807, 2.05) is 75.4 Å². The highest BCUT2D eigenvalue weighted by Crippen LogP contribution is 2.36. The highest BCUT2D eigenvalue weighted by atomic mass is 32.2. The molecular formula is C23H25NO3S. The lowest BCUT2D eigenvalue weighted by Crippen LogP contribution is -2.33. The maximum atomic E-state index is 13.1. The fraction of sp³-hybridized carbons (Fsp3) is 0.304. The predicted molar refractivity (Wildman–Crippen MR) is 114 cm³/mol. The molecule has 4 nitrogen and oxygen atoms in total.